The van der Waals surface area contributed by atoms with Crippen molar-refractivity contribution in [1.82, 2.24) is 4.31 Å². The normalized spacial score (nSPS) is 18.5. The molecule has 2 aliphatic rings. The Labute approximate surface area is 219 Å². The van der Waals surface area contributed by atoms with Crippen molar-refractivity contribution >= 4 is 55.0 Å². The summed E-state index contributed by atoms with van der Waals surface area (Å²) in [7, 11) is -4.05. The van der Waals surface area contributed by atoms with Crippen LogP contribution in [0.25, 0.3) is 0 Å². The first-order valence-corrected chi connectivity index (χ1v) is 14.1. The lowest BCUT2D eigenvalue weighted by Crippen LogP contribution is -2.46. The molecule has 190 valence electrons. The lowest BCUT2D eigenvalue weighted by molar-refractivity contribution is -0.122. The Morgan fingerprint density at radius 2 is 1.78 bits per heavy atom. The Morgan fingerprint density at radius 3 is 2.39 bits per heavy atom. The molecule has 1 aliphatic carbocycles. The zero-order valence-electron chi connectivity index (χ0n) is 19.9. The number of hydrogen-bond acceptors (Lipinski definition) is 5. The van der Waals surface area contributed by atoms with Gasteiger partial charge < -0.3 is 5.32 Å². The third-order valence-electron chi connectivity index (χ3n) is 6.37. The molecule has 3 amide bonds. The summed E-state index contributed by atoms with van der Waals surface area (Å²) in [6.45, 7) is 1.50. The molecule has 1 atom stereocenters. The van der Waals surface area contributed by atoms with Crippen LogP contribution in [0, 0.1) is 0 Å². The molecule has 1 fully saturated rings. The van der Waals surface area contributed by atoms with Gasteiger partial charge in [-0.25, -0.2) is 13.3 Å². The molecule has 0 radical (unpaired) electrons. The van der Waals surface area contributed by atoms with Gasteiger partial charge in [-0.1, -0.05) is 27.6 Å². The van der Waals surface area contributed by atoms with E-state index in [2.05, 4.69) is 27.3 Å². The first kappa shape index (κ1) is 26.2. The van der Waals surface area contributed by atoms with Crippen LogP contribution < -0.4 is 10.2 Å². The number of anilines is 2. The highest BCUT2D eigenvalue weighted by atomic mass is 79.9. The first-order valence-electron chi connectivity index (χ1n) is 11.9. The van der Waals surface area contributed by atoms with Crippen LogP contribution in [-0.4, -0.2) is 43.0 Å². The molecular formula is C26H28BrN3O5S. The quantitative estimate of drug-likeness (QED) is 0.366. The summed E-state index contributed by atoms with van der Waals surface area (Å²) < 4.78 is 29.4. The highest BCUT2D eigenvalue weighted by Gasteiger charge is 2.46. The third kappa shape index (κ3) is 5.77. The van der Waals surface area contributed by atoms with Gasteiger partial charge in [-0.2, -0.15) is 4.31 Å². The molecule has 1 N–H and O–H groups in total. The zero-order chi connectivity index (χ0) is 25.9. The molecule has 0 saturated carbocycles. The van der Waals surface area contributed by atoms with Crippen LogP contribution in [0.2, 0.25) is 0 Å². The molecule has 0 bridgehead atoms. The summed E-state index contributed by atoms with van der Waals surface area (Å²) >= 11 is 3.32. The van der Waals surface area contributed by atoms with Crippen molar-refractivity contribution in [1.29, 1.82) is 0 Å². The third-order valence-corrected chi connectivity index (χ3v) is 8.83. The van der Waals surface area contributed by atoms with Gasteiger partial charge in [0.1, 0.15) is 6.04 Å². The van der Waals surface area contributed by atoms with E-state index in [1.807, 2.05) is 0 Å². The van der Waals surface area contributed by atoms with Crippen LogP contribution in [0.4, 0.5) is 11.4 Å². The van der Waals surface area contributed by atoms with E-state index >= 15 is 0 Å². The SMILES string of the molecule is CC(=O)Nc1ccc(N2C(=O)CC(N(CCC3=CCCCC3)S(=O)(=O)c3ccc(Br)cc3)C2=O)cc1. The number of hydrogen-bond donors (Lipinski definition) is 1. The van der Waals surface area contributed by atoms with E-state index in [-0.39, 0.29) is 23.8 Å². The molecular weight excluding hydrogens is 546 g/mol. The average Bonchev–Trinajstić information content (AvgIpc) is 3.13. The molecule has 0 aromatic heterocycles. The molecule has 1 saturated heterocycles. The van der Waals surface area contributed by atoms with Crippen molar-refractivity contribution in [2.45, 2.75) is 56.4 Å². The topological polar surface area (TPSA) is 104 Å². The maximum atomic E-state index is 13.7. The van der Waals surface area contributed by atoms with Crippen molar-refractivity contribution < 1.29 is 22.8 Å². The van der Waals surface area contributed by atoms with Gasteiger partial charge in [-0.15, -0.1) is 0 Å². The number of carbonyl (C=O) groups is 3. The Bertz CT molecular complexity index is 1290. The van der Waals surface area contributed by atoms with E-state index in [1.54, 1.807) is 36.4 Å². The molecule has 2 aromatic carbocycles. The fraction of sp³-hybridized carbons (Fsp3) is 0.346. The highest BCUT2D eigenvalue weighted by molar-refractivity contribution is 9.10. The molecule has 8 nitrogen and oxygen atoms in total. The summed E-state index contributed by atoms with van der Waals surface area (Å²) in [6, 6.07) is 11.4. The average molecular weight is 574 g/mol. The summed E-state index contributed by atoms with van der Waals surface area (Å²) in [5.41, 5.74) is 2.04. The lowest BCUT2D eigenvalue weighted by atomic mass is 9.97. The highest BCUT2D eigenvalue weighted by Crippen LogP contribution is 2.31. The smallest absolute Gasteiger partial charge is 0.252 e. The second kappa shape index (κ2) is 11.1. The predicted molar refractivity (Wildman–Crippen MR) is 141 cm³/mol. The Kier molecular flexibility index (Phi) is 8.07. The molecule has 1 unspecified atom stereocenters. The van der Waals surface area contributed by atoms with Crippen LogP contribution in [-0.2, 0) is 24.4 Å². The van der Waals surface area contributed by atoms with E-state index < -0.39 is 27.9 Å². The Balaban J connectivity index is 1.63. The van der Waals surface area contributed by atoms with Gasteiger partial charge in [0, 0.05) is 23.6 Å². The van der Waals surface area contributed by atoms with Gasteiger partial charge >= 0.3 is 0 Å². The number of imide groups is 1. The number of nitrogens with one attached hydrogen (secondary N) is 1. The van der Waals surface area contributed by atoms with E-state index in [0.29, 0.717) is 17.8 Å². The number of amides is 3. The van der Waals surface area contributed by atoms with Gasteiger partial charge in [-0.3, -0.25) is 14.4 Å². The van der Waals surface area contributed by atoms with Gasteiger partial charge in [0.05, 0.1) is 17.0 Å². The molecule has 1 aliphatic heterocycles. The number of carbonyl (C=O) groups excluding carboxylic acids is 3. The molecule has 4 rings (SSSR count). The summed E-state index contributed by atoms with van der Waals surface area (Å²) in [4.78, 5) is 38.9. The van der Waals surface area contributed by atoms with Gasteiger partial charge in [0.2, 0.25) is 21.8 Å². The fourth-order valence-corrected chi connectivity index (χ4v) is 6.43. The summed E-state index contributed by atoms with van der Waals surface area (Å²) in [5, 5.41) is 2.64. The van der Waals surface area contributed by atoms with Crippen molar-refractivity contribution in [2.75, 3.05) is 16.8 Å². The number of benzene rings is 2. The minimum atomic E-state index is -4.05. The maximum absolute atomic E-state index is 13.7. The van der Waals surface area contributed by atoms with Crippen LogP contribution in [0.1, 0.15) is 45.4 Å². The fourth-order valence-electron chi connectivity index (χ4n) is 4.58. The number of rotatable bonds is 8. The molecule has 0 spiro atoms. The minimum absolute atomic E-state index is 0.0710. The van der Waals surface area contributed by atoms with E-state index in [9.17, 15) is 22.8 Å². The second-order valence-corrected chi connectivity index (χ2v) is 11.7. The van der Waals surface area contributed by atoms with Crippen LogP contribution in [0.5, 0.6) is 0 Å². The van der Waals surface area contributed by atoms with Crippen LogP contribution >= 0.6 is 15.9 Å². The first-order chi connectivity index (χ1) is 17.2. The van der Waals surface area contributed by atoms with Crippen molar-refractivity contribution in [3.63, 3.8) is 0 Å². The lowest BCUT2D eigenvalue weighted by Gasteiger charge is -2.28. The van der Waals surface area contributed by atoms with Crippen LogP contribution in [0.15, 0.2) is 69.5 Å². The van der Waals surface area contributed by atoms with Crippen molar-refractivity contribution in [3.8, 4) is 0 Å². The van der Waals surface area contributed by atoms with Gasteiger partial charge in [0.25, 0.3) is 5.91 Å². The van der Waals surface area contributed by atoms with Gasteiger partial charge in [-0.05, 0) is 80.6 Å². The monoisotopic (exact) mass is 573 g/mol. The standard InChI is InChI=1S/C26H28BrN3O5S/c1-18(31)28-21-9-11-22(12-10-21)30-25(32)17-24(26(30)33)29(16-15-19-5-3-2-4-6-19)36(34,35)23-13-7-20(27)8-14-23/h5,7-14,24H,2-4,6,15-17H2,1H3,(H,28,31). The predicted octanol–water partition coefficient (Wildman–Crippen LogP) is 4.62. The summed E-state index contributed by atoms with van der Waals surface area (Å²) in [6.07, 6.45) is 6.50. The van der Waals surface area contributed by atoms with Crippen LogP contribution in [0.3, 0.4) is 0 Å². The summed E-state index contributed by atoms with van der Waals surface area (Å²) in [5.74, 6) is -1.28. The van der Waals surface area contributed by atoms with Gasteiger partial charge in [0.15, 0.2) is 0 Å². The number of allylic oxidation sites excluding steroid dienone is 1. The van der Waals surface area contributed by atoms with Crippen molar-refractivity contribution in [3.05, 3.63) is 64.7 Å². The van der Waals surface area contributed by atoms with Crippen molar-refractivity contribution in [2.24, 2.45) is 0 Å². The van der Waals surface area contributed by atoms with E-state index in [0.717, 1.165) is 35.1 Å². The number of halogens is 1. The number of sulfonamides is 1. The Morgan fingerprint density at radius 1 is 1.08 bits per heavy atom. The maximum Gasteiger partial charge on any atom is 0.252 e. The zero-order valence-corrected chi connectivity index (χ0v) is 22.3. The second-order valence-electron chi connectivity index (χ2n) is 8.94. The molecule has 36 heavy (non-hydrogen) atoms. The molecule has 10 heteroatoms. The van der Waals surface area contributed by atoms with E-state index in [1.165, 1.54) is 28.9 Å². The molecule has 1 heterocycles. The number of nitrogens with zero attached hydrogens (tertiary/aromatic N) is 2. The minimum Gasteiger partial charge on any atom is -0.326 e. The van der Waals surface area contributed by atoms with E-state index in [4.69, 9.17) is 0 Å². The largest absolute Gasteiger partial charge is 0.326 e. The Hall–Kier alpha value is -2.82. The molecule has 2 aromatic rings.